The molecule has 0 amide bonds. The molecule has 1 atom stereocenters. The summed E-state index contributed by atoms with van der Waals surface area (Å²) in [5.41, 5.74) is 0.745. The zero-order chi connectivity index (χ0) is 9.60. The first-order valence-corrected chi connectivity index (χ1v) is 6.21. The van der Waals surface area contributed by atoms with Crippen LogP contribution in [0, 0.1) is 11.3 Å². The smallest absolute Gasteiger partial charge is 0.0156 e. The summed E-state index contributed by atoms with van der Waals surface area (Å²) < 4.78 is 0. The summed E-state index contributed by atoms with van der Waals surface area (Å²) in [6.45, 7) is 3.89. The SMILES string of the molecule is CN(CC1CC1)C1CC12CCNCC2. The van der Waals surface area contributed by atoms with Crippen LogP contribution < -0.4 is 5.32 Å². The molecule has 0 aromatic rings. The van der Waals surface area contributed by atoms with Crippen LogP contribution in [0.25, 0.3) is 0 Å². The van der Waals surface area contributed by atoms with Gasteiger partial charge in [0.1, 0.15) is 0 Å². The predicted molar refractivity (Wildman–Crippen MR) is 58.3 cm³/mol. The minimum atomic E-state index is 0.745. The highest BCUT2D eigenvalue weighted by atomic mass is 15.2. The second kappa shape index (κ2) is 3.21. The van der Waals surface area contributed by atoms with Crippen LogP contribution in [-0.2, 0) is 0 Å². The van der Waals surface area contributed by atoms with Crippen LogP contribution >= 0.6 is 0 Å². The lowest BCUT2D eigenvalue weighted by molar-refractivity contribution is 0.230. The van der Waals surface area contributed by atoms with E-state index in [0.717, 1.165) is 17.4 Å². The molecule has 2 heteroatoms. The Kier molecular flexibility index (Phi) is 2.10. The van der Waals surface area contributed by atoms with Crippen molar-refractivity contribution < 1.29 is 0 Å². The standard InChI is InChI=1S/C12H22N2/c1-14(9-10-2-3-10)11-8-12(11)4-6-13-7-5-12/h10-11,13H,2-9H2,1H3. The molecule has 80 valence electrons. The van der Waals surface area contributed by atoms with Crippen molar-refractivity contribution >= 4 is 0 Å². The van der Waals surface area contributed by atoms with Crippen LogP contribution in [0.5, 0.6) is 0 Å². The van der Waals surface area contributed by atoms with Gasteiger partial charge in [-0.1, -0.05) is 0 Å². The lowest BCUT2D eigenvalue weighted by atomic mass is 9.93. The van der Waals surface area contributed by atoms with Gasteiger partial charge in [0.25, 0.3) is 0 Å². The highest BCUT2D eigenvalue weighted by molar-refractivity contribution is 5.10. The minimum absolute atomic E-state index is 0.745. The molecule has 0 bridgehead atoms. The molecule has 0 aromatic heterocycles. The molecule has 1 saturated heterocycles. The molecule has 0 aromatic carbocycles. The fourth-order valence-corrected chi connectivity index (χ4v) is 3.25. The largest absolute Gasteiger partial charge is 0.317 e. The van der Waals surface area contributed by atoms with Gasteiger partial charge in [-0.25, -0.2) is 0 Å². The van der Waals surface area contributed by atoms with E-state index in [1.54, 1.807) is 0 Å². The second-order valence-electron chi connectivity index (χ2n) is 5.72. The fraction of sp³-hybridized carbons (Fsp3) is 1.00. The monoisotopic (exact) mass is 194 g/mol. The highest BCUT2D eigenvalue weighted by Crippen LogP contribution is 2.55. The molecule has 2 aliphatic carbocycles. The van der Waals surface area contributed by atoms with Crippen molar-refractivity contribution in [1.82, 2.24) is 10.2 Å². The Bertz CT molecular complexity index is 216. The molecule has 1 N–H and O–H groups in total. The second-order valence-corrected chi connectivity index (χ2v) is 5.72. The Balaban J connectivity index is 1.54. The van der Waals surface area contributed by atoms with Gasteiger partial charge in [-0.3, -0.25) is 0 Å². The van der Waals surface area contributed by atoms with E-state index < -0.39 is 0 Å². The summed E-state index contributed by atoms with van der Waals surface area (Å²) in [4.78, 5) is 2.66. The third-order valence-electron chi connectivity index (χ3n) is 4.52. The average molecular weight is 194 g/mol. The van der Waals surface area contributed by atoms with E-state index in [1.165, 1.54) is 51.7 Å². The molecular weight excluding hydrogens is 172 g/mol. The molecule has 0 radical (unpaired) electrons. The molecule has 3 aliphatic rings. The normalized spacial score (nSPS) is 35.1. The minimum Gasteiger partial charge on any atom is -0.317 e. The van der Waals surface area contributed by atoms with Crippen LogP contribution in [0.15, 0.2) is 0 Å². The first-order valence-electron chi connectivity index (χ1n) is 6.21. The summed E-state index contributed by atoms with van der Waals surface area (Å²) in [6, 6.07) is 0.935. The zero-order valence-electron chi connectivity index (χ0n) is 9.26. The van der Waals surface area contributed by atoms with Gasteiger partial charge in [0, 0.05) is 12.6 Å². The third kappa shape index (κ3) is 1.59. The highest BCUT2D eigenvalue weighted by Gasteiger charge is 2.55. The maximum Gasteiger partial charge on any atom is 0.0156 e. The quantitative estimate of drug-likeness (QED) is 0.732. The maximum atomic E-state index is 3.47. The first-order chi connectivity index (χ1) is 6.80. The number of rotatable bonds is 3. The van der Waals surface area contributed by atoms with Gasteiger partial charge in [-0.15, -0.1) is 0 Å². The number of hydrogen-bond donors (Lipinski definition) is 1. The van der Waals surface area contributed by atoms with E-state index in [-0.39, 0.29) is 0 Å². The van der Waals surface area contributed by atoms with Gasteiger partial charge in [-0.2, -0.15) is 0 Å². The lowest BCUT2D eigenvalue weighted by Gasteiger charge is -2.27. The van der Waals surface area contributed by atoms with Crippen LogP contribution in [0.2, 0.25) is 0 Å². The van der Waals surface area contributed by atoms with Crippen LogP contribution in [0.3, 0.4) is 0 Å². The average Bonchev–Trinajstić information content (AvgIpc) is 3.06. The summed E-state index contributed by atoms with van der Waals surface area (Å²) in [5, 5.41) is 3.47. The molecule has 2 nitrogen and oxygen atoms in total. The van der Waals surface area contributed by atoms with Crippen molar-refractivity contribution in [3.05, 3.63) is 0 Å². The lowest BCUT2D eigenvalue weighted by Crippen LogP contribution is -2.35. The van der Waals surface area contributed by atoms with Gasteiger partial charge in [0.15, 0.2) is 0 Å². The summed E-state index contributed by atoms with van der Waals surface area (Å²) in [6.07, 6.45) is 7.31. The molecule has 1 unspecified atom stereocenters. The van der Waals surface area contributed by atoms with Crippen molar-refractivity contribution in [3.8, 4) is 0 Å². The summed E-state index contributed by atoms with van der Waals surface area (Å²) >= 11 is 0. The van der Waals surface area contributed by atoms with E-state index in [1.807, 2.05) is 0 Å². The Morgan fingerprint density at radius 3 is 2.64 bits per heavy atom. The number of nitrogens with zero attached hydrogens (tertiary/aromatic N) is 1. The van der Waals surface area contributed by atoms with Gasteiger partial charge < -0.3 is 10.2 Å². The van der Waals surface area contributed by atoms with E-state index >= 15 is 0 Å². The number of hydrogen-bond acceptors (Lipinski definition) is 2. The van der Waals surface area contributed by atoms with Gasteiger partial charge in [-0.05, 0) is 63.6 Å². The third-order valence-corrected chi connectivity index (χ3v) is 4.52. The van der Waals surface area contributed by atoms with Gasteiger partial charge in [0.05, 0.1) is 0 Å². The molecule has 1 heterocycles. The Labute approximate surface area is 87.0 Å². The van der Waals surface area contributed by atoms with Crippen LogP contribution in [0.1, 0.15) is 32.1 Å². The summed E-state index contributed by atoms with van der Waals surface area (Å²) in [5.74, 6) is 1.05. The van der Waals surface area contributed by atoms with Gasteiger partial charge in [0.2, 0.25) is 0 Å². The van der Waals surface area contributed by atoms with Crippen LogP contribution in [-0.4, -0.2) is 37.6 Å². The molecular formula is C12H22N2. The van der Waals surface area contributed by atoms with Gasteiger partial charge >= 0.3 is 0 Å². The molecule has 3 rings (SSSR count). The number of nitrogens with one attached hydrogen (secondary N) is 1. The molecule has 3 fully saturated rings. The molecule has 1 aliphatic heterocycles. The van der Waals surface area contributed by atoms with Crippen molar-refractivity contribution in [2.45, 2.75) is 38.1 Å². The fourth-order valence-electron chi connectivity index (χ4n) is 3.25. The maximum absolute atomic E-state index is 3.47. The zero-order valence-corrected chi connectivity index (χ0v) is 9.26. The topological polar surface area (TPSA) is 15.3 Å². The predicted octanol–water partition coefficient (Wildman–Crippen LogP) is 1.47. The van der Waals surface area contributed by atoms with E-state index in [2.05, 4.69) is 17.3 Å². The van der Waals surface area contributed by atoms with E-state index in [0.29, 0.717) is 0 Å². The Morgan fingerprint density at radius 1 is 1.29 bits per heavy atom. The first kappa shape index (κ1) is 9.17. The van der Waals surface area contributed by atoms with Crippen molar-refractivity contribution in [2.24, 2.45) is 11.3 Å². The summed E-state index contributed by atoms with van der Waals surface area (Å²) in [7, 11) is 2.35. The van der Waals surface area contributed by atoms with Crippen molar-refractivity contribution in [2.75, 3.05) is 26.7 Å². The van der Waals surface area contributed by atoms with Crippen molar-refractivity contribution in [1.29, 1.82) is 0 Å². The number of piperidine rings is 1. The Morgan fingerprint density at radius 2 is 2.00 bits per heavy atom. The molecule has 14 heavy (non-hydrogen) atoms. The molecule has 1 spiro atoms. The Hall–Kier alpha value is -0.0800. The van der Waals surface area contributed by atoms with E-state index in [4.69, 9.17) is 0 Å². The van der Waals surface area contributed by atoms with Crippen LogP contribution in [0.4, 0.5) is 0 Å². The molecule has 2 saturated carbocycles. The van der Waals surface area contributed by atoms with E-state index in [9.17, 15) is 0 Å². The van der Waals surface area contributed by atoms with Crippen molar-refractivity contribution in [3.63, 3.8) is 0 Å².